The summed E-state index contributed by atoms with van der Waals surface area (Å²) >= 11 is 0. The average molecular weight is 469 g/mol. The van der Waals surface area contributed by atoms with Crippen LogP contribution in [-0.2, 0) is 16.7 Å². The van der Waals surface area contributed by atoms with Gasteiger partial charge in [-0.2, -0.15) is 0 Å². The first kappa shape index (κ1) is 26.8. The zero-order chi connectivity index (χ0) is 21.4. The van der Waals surface area contributed by atoms with Crippen LogP contribution in [0.5, 0.6) is 0 Å². The summed E-state index contributed by atoms with van der Waals surface area (Å²) in [5.74, 6) is 0. The predicted octanol–water partition coefficient (Wildman–Crippen LogP) is 2.88. The summed E-state index contributed by atoms with van der Waals surface area (Å²) in [6, 6.07) is 14.9. The first-order chi connectivity index (χ1) is 14.5. The second-order valence-corrected chi connectivity index (χ2v) is 9.55. The number of hydrogen-bond donors (Lipinski definition) is 1. The Bertz CT molecular complexity index is 906. The van der Waals surface area contributed by atoms with Gasteiger partial charge >= 0.3 is 51.4 Å². The van der Waals surface area contributed by atoms with Crippen LogP contribution in [0.4, 0.5) is 11.4 Å². The standard InChI is InChI=1S/C24H34N2O3S.K/c1-2-3-4-5-6-7-8-12-15-24-25-22-18-21(30(27,28)29)16-17-23(22)26(24)19-20-13-10-9-11-14-20;/h9-11,13-14,16-18,24-25H,2-8,12,15,19H2,1H3,(H,27,28,29);/q;+1/p-1. The molecule has 5 nitrogen and oxygen atoms in total. The molecule has 0 saturated heterocycles. The van der Waals surface area contributed by atoms with Crippen LogP contribution in [0, 0.1) is 0 Å². The topological polar surface area (TPSA) is 72.5 Å². The monoisotopic (exact) mass is 468 g/mol. The van der Waals surface area contributed by atoms with Crippen LogP contribution in [-0.4, -0.2) is 19.1 Å². The summed E-state index contributed by atoms with van der Waals surface area (Å²) < 4.78 is 34.3. The maximum absolute atomic E-state index is 11.4. The van der Waals surface area contributed by atoms with Crippen LogP contribution in [0.3, 0.4) is 0 Å². The van der Waals surface area contributed by atoms with Crippen molar-refractivity contribution >= 4 is 21.5 Å². The van der Waals surface area contributed by atoms with Crippen LogP contribution in [0.2, 0.25) is 0 Å². The Labute approximate surface area is 230 Å². The molecule has 0 spiro atoms. The minimum atomic E-state index is -4.46. The van der Waals surface area contributed by atoms with Gasteiger partial charge in [-0.1, -0.05) is 82.2 Å². The maximum atomic E-state index is 11.4. The fourth-order valence-corrected chi connectivity index (χ4v) is 4.63. The maximum Gasteiger partial charge on any atom is 1.00 e. The predicted molar refractivity (Wildman–Crippen MR) is 122 cm³/mol. The van der Waals surface area contributed by atoms with Gasteiger partial charge in [-0.15, -0.1) is 0 Å². The van der Waals surface area contributed by atoms with Gasteiger partial charge in [0.2, 0.25) is 0 Å². The van der Waals surface area contributed by atoms with Crippen LogP contribution >= 0.6 is 0 Å². The fourth-order valence-electron chi connectivity index (χ4n) is 4.14. The van der Waals surface area contributed by atoms with E-state index in [9.17, 15) is 13.0 Å². The molecule has 0 aromatic heterocycles. The van der Waals surface area contributed by atoms with E-state index in [1.807, 2.05) is 18.2 Å². The number of hydrogen-bond acceptors (Lipinski definition) is 5. The molecular weight excluding hydrogens is 435 g/mol. The van der Waals surface area contributed by atoms with Gasteiger partial charge in [0, 0.05) is 6.54 Å². The minimum Gasteiger partial charge on any atom is -0.744 e. The van der Waals surface area contributed by atoms with Crippen molar-refractivity contribution < 1.29 is 64.4 Å². The van der Waals surface area contributed by atoms with E-state index in [-0.39, 0.29) is 62.4 Å². The van der Waals surface area contributed by atoms with E-state index in [2.05, 4.69) is 29.3 Å². The molecule has 1 heterocycles. The van der Waals surface area contributed by atoms with E-state index in [1.165, 1.54) is 62.6 Å². The second kappa shape index (κ2) is 13.3. The molecular formula is C24H33KN2O3S. The zero-order valence-electron chi connectivity index (χ0n) is 18.8. The Morgan fingerprint density at radius 2 is 1.58 bits per heavy atom. The number of nitrogens with zero attached hydrogens (tertiary/aromatic N) is 1. The average Bonchev–Trinajstić information content (AvgIpc) is 3.07. The molecule has 164 valence electrons. The molecule has 0 bridgehead atoms. The molecule has 1 atom stereocenters. The number of unbranched alkanes of at least 4 members (excludes halogenated alkanes) is 7. The normalized spacial score (nSPS) is 15.3. The van der Waals surface area contributed by atoms with Crippen LogP contribution in [0.1, 0.15) is 70.3 Å². The zero-order valence-corrected chi connectivity index (χ0v) is 22.8. The quantitative estimate of drug-likeness (QED) is 0.295. The summed E-state index contributed by atoms with van der Waals surface area (Å²) in [7, 11) is -4.46. The summed E-state index contributed by atoms with van der Waals surface area (Å²) in [6.07, 6.45) is 11.3. The molecule has 0 radical (unpaired) electrons. The third-order valence-electron chi connectivity index (χ3n) is 5.79. The van der Waals surface area contributed by atoms with Gasteiger partial charge in [0.25, 0.3) is 0 Å². The van der Waals surface area contributed by atoms with Crippen LogP contribution < -0.4 is 61.6 Å². The van der Waals surface area contributed by atoms with Gasteiger partial charge < -0.3 is 14.8 Å². The second-order valence-electron chi connectivity index (χ2n) is 8.17. The molecule has 1 aliphatic heterocycles. The summed E-state index contributed by atoms with van der Waals surface area (Å²) in [6.45, 7) is 2.98. The van der Waals surface area contributed by atoms with Crippen molar-refractivity contribution in [2.24, 2.45) is 0 Å². The molecule has 3 rings (SSSR count). The number of anilines is 2. The smallest absolute Gasteiger partial charge is 0.744 e. The van der Waals surface area contributed by atoms with Gasteiger partial charge in [0.05, 0.1) is 22.4 Å². The number of fused-ring (bicyclic) bond motifs is 1. The summed E-state index contributed by atoms with van der Waals surface area (Å²) in [5, 5.41) is 3.46. The SMILES string of the molecule is CCCCCCCCCCC1Nc2cc(S(=O)(=O)[O-])ccc2N1Cc1ccccc1.[K+]. The first-order valence-corrected chi connectivity index (χ1v) is 12.6. The van der Waals surface area contributed by atoms with Gasteiger partial charge in [-0.05, 0) is 36.6 Å². The van der Waals surface area contributed by atoms with Crippen molar-refractivity contribution in [3.63, 3.8) is 0 Å². The van der Waals surface area contributed by atoms with E-state index >= 15 is 0 Å². The Kier molecular flexibility index (Phi) is 11.5. The molecule has 1 N–H and O–H groups in total. The van der Waals surface area contributed by atoms with E-state index < -0.39 is 10.1 Å². The van der Waals surface area contributed by atoms with Gasteiger partial charge in [-0.25, -0.2) is 8.42 Å². The third kappa shape index (κ3) is 8.14. The Hall–Kier alpha value is -0.414. The number of benzene rings is 2. The minimum absolute atomic E-state index is 0. The summed E-state index contributed by atoms with van der Waals surface area (Å²) in [5.41, 5.74) is 2.89. The molecule has 1 aliphatic rings. The third-order valence-corrected chi connectivity index (χ3v) is 6.62. The Morgan fingerprint density at radius 1 is 0.935 bits per heavy atom. The van der Waals surface area contributed by atoms with Gasteiger partial charge in [0.1, 0.15) is 10.1 Å². The number of nitrogens with one attached hydrogen (secondary N) is 1. The van der Waals surface area contributed by atoms with Crippen molar-refractivity contribution in [1.82, 2.24) is 0 Å². The molecule has 0 saturated carbocycles. The van der Waals surface area contributed by atoms with Crippen molar-refractivity contribution in [1.29, 1.82) is 0 Å². The molecule has 1 unspecified atom stereocenters. The van der Waals surface area contributed by atoms with Crippen molar-refractivity contribution in [3.05, 3.63) is 54.1 Å². The van der Waals surface area contributed by atoms with E-state index in [0.29, 0.717) is 0 Å². The Morgan fingerprint density at radius 3 is 2.23 bits per heavy atom. The number of rotatable bonds is 12. The van der Waals surface area contributed by atoms with Crippen LogP contribution in [0.25, 0.3) is 0 Å². The largest absolute Gasteiger partial charge is 1.00 e. The van der Waals surface area contributed by atoms with Gasteiger partial charge in [0.15, 0.2) is 0 Å². The van der Waals surface area contributed by atoms with Gasteiger partial charge in [-0.3, -0.25) is 0 Å². The van der Waals surface area contributed by atoms with E-state index in [4.69, 9.17) is 0 Å². The Balaban J connectivity index is 0.00000341. The van der Waals surface area contributed by atoms with Crippen LogP contribution in [0.15, 0.2) is 53.4 Å². The molecule has 0 fully saturated rings. The van der Waals surface area contributed by atoms with Crippen molar-refractivity contribution in [2.45, 2.75) is 82.3 Å². The summed E-state index contributed by atoms with van der Waals surface area (Å²) in [4.78, 5) is 2.11. The molecule has 7 heteroatoms. The molecule has 2 aromatic rings. The fraction of sp³-hybridized carbons (Fsp3) is 0.500. The molecule has 0 amide bonds. The first-order valence-electron chi connectivity index (χ1n) is 11.2. The van der Waals surface area contributed by atoms with Crippen molar-refractivity contribution in [2.75, 3.05) is 10.2 Å². The van der Waals surface area contributed by atoms with Crippen molar-refractivity contribution in [3.8, 4) is 0 Å². The van der Waals surface area contributed by atoms with E-state index in [0.717, 1.165) is 30.8 Å². The molecule has 0 aliphatic carbocycles. The van der Waals surface area contributed by atoms with E-state index in [1.54, 1.807) is 6.07 Å². The molecule has 31 heavy (non-hydrogen) atoms. The molecule has 2 aromatic carbocycles.